The number of hydrogen-bond donors (Lipinski definition) is 2. The lowest BCUT2D eigenvalue weighted by molar-refractivity contribution is 0.102. The van der Waals surface area contributed by atoms with Crippen LogP contribution in [-0.2, 0) is 18.0 Å². The molecule has 33 heavy (non-hydrogen) atoms. The number of ether oxygens (including phenoxy) is 1. The van der Waals surface area contributed by atoms with Crippen LogP contribution in [0.15, 0.2) is 85.1 Å². The topological polar surface area (TPSA) is 106 Å². The minimum absolute atomic E-state index is 0.214. The summed E-state index contributed by atoms with van der Waals surface area (Å²) in [7, 11) is 0. The third-order valence-corrected chi connectivity index (χ3v) is 5.06. The first-order valence-electron chi connectivity index (χ1n) is 10.4. The Bertz CT molecular complexity index is 1380. The highest BCUT2D eigenvalue weighted by Crippen LogP contribution is 2.19. The summed E-state index contributed by atoms with van der Waals surface area (Å²) in [6.07, 6.45) is 1.60. The van der Waals surface area contributed by atoms with Crippen LogP contribution < -0.4 is 5.32 Å². The van der Waals surface area contributed by atoms with E-state index in [9.17, 15) is 4.79 Å². The van der Waals surface area contributed by atoms with Gasteiger partial charge < -0.3 is 10.1 Å². The first-order chi connectivity index (χ1) is 16.2. The summed E-state index contributed by atoms with van der Waals surface area (Å²) in [5.41, 5.74) is 5.24. The lowest BCUT2D eigenvalue weighted by Crippen LogP contribution is -2.12. The molecule has 0 spiro atoms. The predicted octanol–water partition coefficient (Wildman–Crippen LogP) is 4.38. The molecule has 0 aliphatic rings. The molecule has 8 heteroatoms. The highest BCUT2D eigenvalue weighted by Gasteiger charge is 2.10. The van der Waals surface area contributed by atoms with E-state index in [0.717, 1.165) is 16.7 Å². The van der Waals surface area contributed by atoms with Gasteiger partial charge in [0.1, 0.15) is 5.52 Å². The molecule has 0 unspecified atom stereocenters. The number of hydrogen-bond acceptors (Lipinski definition) is 6. The van der Waals surface area contributed by atoms with Gasteiger partial charge in [-0.2, -0.15) is 0 Å². The summed E-state index contributed by atoms with van der Waals surface area (Å²) < 4.78 is 5.76. The quantitative estimate of drug-likeness (QED) is 0.392. The number of nitrogens with zero attached hydrogens (tertiary/aromatic N) is 4. The Labute approximate surface area is 189 Å². The molecular formula is C25H20N6O2. The number of H-pyrrole nitrogens is 1. The first-order valence-corrected chi connectivity index (χ1v) is 10.4. The van der Waals surface area contributed by atoms with Gasteiger partial charge in [-0.25, -0.2) is 15.1 Å². The molecule has 0 radical (unpaired) electrons. The smallest absolute Gasteiger partial charge is 0.255 e. The molecule has 5 rings (SSSR count). The van der Waals surface area contributed by atoms with Crippen molar-refractivity contribution in [1.82, 2.24) is 25.4 Å². The van der Waals surface area contributed by atoms with Crippen molar-refractivity contribution in [1.29, 1.82) is 0 Å². The average molecular weight is 436 g/mol. The third-order valence-electron chi connectivity index (χ3n) is 5.06. The van der Waals surface area contributed by atoms with E-state index in [2.05, 4.69) is 30.7 Å². The van der Waals surface area contributed by atoms with Crippen molar-refractivity contribution in [2.45, 2.75) is 13.2 Å². The monoisotopic (exact) mass is 436 g/mol. The number of amides is 1. The minimum atomic E-state index is -0.214. The van der Waals surface area contributed by atoms with E-state index in [1.165, 1.54) is 0 Å². The van der Waals surface area contributed by atoms with Crippen LogP contribution in [-0.4, -0.2) is 31.3 Å². The molecule has 0 saturated heterocycles. The summed E-state index contributed by atoms with van der Waals surface area (Å²) in [4.78, 5) is 21.5. The van der Waals surface area contributed by atoms with Crippen LogP contribution in [0.5, 0.6) is 0 Å². The van der Waals surface area contributed by atoms with E-state index in [1.807, 2.05) is 60.7 Å². The van der Waals surface area contributed by atoms with E-state index in [0.29, 0.717) is 41.5 Å². The predicted molar refractivity (Wildman–Crippen MR) is 124 cm³/mol. The van der Waals surface area contributed by atoms with Crippen LogP contribution in [0.4, 0.5) is 5.69 Å². The molecule has 1 amide bonds. The lowest BCUT2D eigenvalue weighted by Gasteiger charge is -2.08. The summed E-state index contributed by atoms with van der Waals surface area (Å²) in [5, 5.41) is 13.2. The highest BCUT2D eigenvalue weighted by molar-refractivity contribution is 6.04. The van der Waals surface area contributed by atoms with Gasteiger partial charge in [0.25, 0.3) is 5.91 Å². The number of benzene rings is 3. The Kier molecular flexibility index (Phi) is 5.81. The van der Waals surface area contributed by atoms with Crippen LogP contribution in [0.1, 0.15) is 21.5 Å². The molecule has 2 aromatic heterocycles. The number of rotatable bonds is 7. The summed E-state index contributed by atoms with van der Waals surface area (Å²) in [6.45, 7) is 1.06. The van der Waals surface area contributed by atoms with Gasteiger partial charge in [0, 0.05) is 16.8 Å². The highest BCUT2D eigenvalue weighted by atomic mass is 16.5. The van der Waals surface area contributed by atoms with Gasteiger partial charge >= 0.3 is 0 Å². The fourth-order valence-electron chi connectivity index (χ4n) is 3.34. The van der Waals surface area contributed by atoms with E-state index in [1.54, 1.807) is 24.4 Å². The normalized spacial score (nSPS) is 10.9. The standard InChI is InChI=1S/C25H20N6O2/c32-25(20-8-4-7-19(13-20)23-26-14-22-24(28-23)30-31-29-22)27-21-11-9-18(10-12-21)16-33-15-17-5-2-1-3-6-17/h1-14H,15-16H2,(H,27,32)(H,26,28,29,30,31). The van der Waals surface area contributed by atoms with Crippen molar-refractivity contribution < 1.29 is 9.53 Å². The SMILES string of the molecule is O=C(Nc1ccc(COCc2ccccc2)cc1)c1cccc(-c2ncc3nn[nH]c3n2)c1. The molecule has 0 aliphatic heterocycles. The molecule has 0 bridgehead atoms. The molecule has 5 aromatic rings. The van der Waals surface area contributed by atoms with E-state index < -0.39 is 0 Å². The Morgan fingerprint density at radius 2 is 1.70 bits per heavy atom. The van der Waals surface area contributed by atoms with Crippen molar-refractivity contribution >= 4 is 22.8 Å². The van der Waals surface area contributed by atoms with E-state index >= 15 is 0 Å². The molecule has 0 saturated carbocycles. The lowest BCUT2D eigenvalue weighted by atomic mass is 10.1. The van der Waals surface area contributed by atoms with Gasteiger partial charge in [-0.3, -0.25) is 4.79 Å². The molecule has 0 aliphatic carbocycles. The zero-order chi connectivity index (χ0) is 22.5. The van der Waals surface area contributed by atoms with Crippen molar-refractivity contribution in [2.75, 3.05) is 5.32 Å². The maximum atomic E-state index is 12.8. The van der Waals surface area contributed by atoms with E-state index in [-0.39, 0.29) is 5.91 Å². The van der Waals surface area contributed by atoms with Gasteiger partial charge in [0.05, 0.1) is 19.4 Å². The van der Waals surface area contributed by atoms with Gasteiger partial charge in [0.15, 0.2) is 11.5 Å². The van der Waals surface area contributed by atoms with E-state index in [4.69, 9.17) is 4.74 Å². The van der Waals surface area contributed by atoms with Gasteiger partial charge in [0.2, 0.25) is 0 Å². The van der Waals surface area contributed by atoms with Crippen molar-refractivity contribution in [3.63, 3.8) is 0 Å². The van der Waals surface area contributed by atoms with Crippen LogP contribution in [0.3, 0.4) is 0 Å². The van der Waals surface area contributed by atoms with Gasteiger partial charge in [-0.1, -0.05) is 59.8 Å². The summed E-state index contributed by atoms with van der Waals surface area (Å²) in [5.74, 6) is 0.275. The largest absolute Gasteiger partial charge is 0.372 e. The van der Waals surface area contributed by atoms with Gasteiger partial charge in [-0.05, 0) is 35.4 Å². The average Bonchev–Trinajstić information content (AvgIpc) is 3.34. The van der Waals surface area contributed by atoms with Crippen molar-refractivity contribution in [2.24, 2.45) is 0 Å². The third kappa shape index (κ3) is 4.91. The van der Waals surface area contributed by atoms with Gasteiger partial charge in [-0.15, -0.1) is 5.10 Å². The molecule has 0 atom stereocenters. The maximum absolute atomic E-state index is 12.8. The number of carbonyl (C=O) groups excluding carboxylic acids is 1. The summed E-state index contributed by atoms with van der Waals surface area (Å²) in [6, 6.07) is 24.8. The van der Waals surface area contributed by atoms with Crippen LogP contribution in [0.2, 0.25) is 0 Å². The van der Waals surface area contributed by atoms with Crippen molar-refractivity contribution in [3.8, 4) is 11.4 Å². The molecule has 2 N–H and O–H groups in total. The Hall–Kier alpha value is -4.43. The number of nitrogens with one attached hydrogen (secondary N) is 2. The second-order valence-corrected chi connectivity index (χ2v) is 7.45. The zero-order valence-corrected chi connectivity index (χ0v) is 17.6. The van der Waals surface area contributed by atoms with Crippen molar-refractivity contribution in [3.05, 3.63) is 102 Å². The first kappa shape index (κ1) is 20.5. The molecule has 8 nitrogen and oxygen atoms in total. The fourth-order valence-corrected chi connectivity index (χ4v) is 3.34. The fraction of sp³-hybridized carbons (Fsp3) is 0.0800. The van der Waals surface area contributed by atoms with Crippen LogP contribution in [0.25, 0.3) is 22.6 Å². The molecule has 162 valence electrons. The maximum Gasteiger partial charge on any atom is 0.255 e. The number of fused-ring (bicyclic) bond motifs is 1. The number of carbonyl (C=O) groups is 1. The molecule has 3 aromatic carbocycles. The number of anilines is 1. The van der Waals surface area contributed by atoms with Crippen LogP contribution in [0, 0.1) is 0 Å². The second kappa shape index (κ2) is 9.37. The summed E-state index contributed by atoms with van der Waals surface area (Å²) >= 11 is 0. The second-order valence-electron chi connectivity index (χ2n) is 7.45. The number of aromatic amines is 1. The Morgan fingerprint density at radius 1 is 0.909 bits per heavy atom. The zero-order valence-electron chi connectivity index (χ0n) is 17.6. The molecule has 0 fully saturated rings. The number of aromatic nitrogens is 5. The Morgan fingerprint density at radius 3 is 2.52 bits per heavy atom. The molecule has 2 heterocycles. The Balaban J connectivity index is 1.21. The van der Waals surface area contributed by atoms with Crippen LogP contribution >= 0.6 is 0 Å². The minimum Gasteiger partial charge on any atom is -0.372 e. The molecular weight excluding hydrogens is 416 g/mol.